The maximum Gasteiger partial charge on any atom is 0.410 e. The van der Waals surface area contributed by atoms with Gasteiger partial charge < -0.3 is 20.3 Å². The fourth-order valence-electron chi connectivity index (χ4n) is 2.99. The lowest BCUT2D eigenvalue weighted by atomic mass is 10.0. The second-order valence-electron chi connectivity index (χ2n) is 7.15. The van der Waals surface area contributed by atoms with E-state index in [9.17, 15) is 4.79 Å². The van der Waals surface area contributed by atoms with E-state index in [-0.39, 0.29) is 12.1 Å². The highest BCUT2D eigenvalue weighted by molar-refractivity contribution is 5.72. The molecule has 1 atom stereocenters. The number of nitrogens with zero attached hydrogens (tertiary/aromatic N) is 1. The van der Waals surface area contributed by atoms with Crippen LogP contribution in [-0.4, -0.2) is 35.7 Å². The number of nitrogens with one attached hydrogen (secondary N) is 2. The molecule has 0 aliphatic carbocycles. The smallest absolute Gasteiger partial charge is 0.410 e. The van der Waals surface area contributed by atoms with Gasteiger partial charge in [0, 0.05) is 36.9 Å². The van der Waals surface area contributed by atoms with Crippen molar-refractivity contribution in [2.45, 2.75) is 45.4 Å². The SMILES string of the molecule is CC(C)(C)OC(=O)N1CCC(Nc2cccc3c2C=CNC3)C1. The van der Waals surface area contributed by atoms with E-state index in [0.717, 1.165) is 25.2 Å². The van der Waals surface area contributed by atoms with Gasteiger partial charge in [-0.1, -0.05) is 12.1 Å². The number of carbonyl (C=O) groups is 1. The largest absolute Gasteiger partial charge is 0.444 e. The van der Waals surface area contributed by atoms with E-state index in [1.54, 1.807) is 4.90 Å². The van der Waals surface area contributed by atoms with Crippen molar-refractivity contribution in [2.24, 2.45) is 0 Å². The van der Waals surface area contributed by atoms with Crippen LogP contribution in [0.2, 0.25) is 0 Å². The first-order valence-corrected chi connectivity index (χ1v) is 8.19. The highest BCUT2D eigenvalue weighted by Gasteiger charge is 2.30. The van der Waals surface area contributed by atoms with Crippen molar-refractivity contribution in [3.05, 3.63) is 35.5 Å². The summed E-state index contributed by atoms with van der Waals surface area (Å²) in [6.45, 7) is 7.96. The molecule has 23 heavy (non-hydrogen) atoms. The highest BCUT2D eigenvalue weighted by Crippen LogP contribution is 2.26. The van der Waals surface area contributed by atoms with Crippen LogP contribution in [-0.2, 0) is 11.3 Å². The van der Waals surface area contributed by atoms with Crippen LogP contribution in [0.1, 0.15) is 38.3 Å². The summed E-state index contributed by atoms with van der Waals surface area (Å²) in [6, 6.07) is 6.57. The minimum atomic E-state index is -0.446. The van der Waals surface area contributed by atoms with E-state index in [1.165, 1.54) is 11.1 Å². The van der Waals surface area contributed by atoms with Crippen LogP contribution in [0.4, 0.5) is 10.5 Å². The zero-order chi connectivity index (χ0) is 16.4. The van der Waals surface area contributed by atoms with Crippen LogP contribution in [0.15, 0.2) is 24.4 Å². The third kappa shape index (κ3) is 3.78. The second kappa shape index (κ2) is 6.14. The molecule has 1 fully saturated rings. The minimum absolute atomic E-state index is 0.221. The summed E-state index contributed by atoms with van der Waals surface area (Å²) in [5, 5.41) is 6.82. The molecule has 2 N–H and O–H groups in total. The Labute approximate surface area is 137 Å². The fraction of sp³-hybridized carbons (Fsp3) is 0.500. The van der Waals surface area contributed by atoms with Gasteiger partial charge in [0.2, 0.25) is 0 Å². The van der Waals surface area contributed by atoms with Crippen molar-refractivity contribution in [2.75, 3.05) is 18.4 Å². The van der Waals surface area contributed by atoms with E-state index < -0.39 is 5.60 Å². The first-order chi connectivity index (χ1) is 10.9. The molecule has 0 spiro atoms. The summed E-state index contributed by atoms with van der Waals surface area (Å²) in [4.78, 5) is 13.9. The van der Waals surface area contributed by atoms with Crippen molar-refractivity contribution in [3.63, 3.8) is 0 Å². The first kappa shape index (κ1) is 15.7. The number of ether oxygens (including phenoxy) is 1. The summed E-state index contributed by atoms with van der Waals surface area (Å²) >= 11 is 0. The Balaban J connectivity index is 1.63. The van der Waals surface area contributed by atoms with Crippen LogP contribution in [0.3, 0.4) is 0 Å². The third-order valence-electron chi connectivity index (χ3n) is 4.06. The molecule has 5 nitrogen and oxygen atoms in total. The van der Waals surface area contributed by atoms with E-state index in [0.29, 0.717) is 6.54 Å². The summed E-state index contributed by atoms with van der Waals surface area (Å²) in [6.07, 6.45) is 4.79. The monoisotopic (exact) mass is 315 g/mol. The van der Waals surface area contributed by atoms with Crippen molar-refractivity contribution < 1.29 is 9.53 Å². The summed E-state index contributed by atoms with van der Waals surface area (Å²) < 4.78 is 5.45. The lowest BCUT2D eigenvalue weighted by Crippen LogP contribution is -2.36. The molecule has 1 saturated heterocycles. The van der Waals surface area contributed by atoms with Crippen molar-refractivity contribution in [1.29, 1.82) is 0 Å². The normalized spacial score (nSPS) is 20.0. The van der Waals surface area contributed by atoms with Gasteiger partial charge in [-0.15, -0.1) is 0 Å². The van der Waals surface area contributed by atoms with Crippen LogP contribution in [0, 0.1) is 0 Å². The Morgan fingerprint density at radius 2 is 2.22 bits per heavy atom. The van der Waals surface area contributed by atoms with Gasteiger partial charge in [-0.2, -0.15) is 0 Å². The lowest BCUT2D eigenvalue weighted by Gasteiger charge is -2.25. The topological polar surface area (TPSA) is 53.6 Å². The standard InChI is InChI=1S/C18H25N3O2/c1-18(2,3)23-17(22)21-10-8-14(12-21)20-16-6-4-5-13-11-19-9-7-15(13)16/h4-7,9,14,19-20H,8,10-12H2,1-3H3. The number of rotatable bonds is 2. The van der Waals surface area contributed by atoms with Gasteiger partial charge in [0.25, 0.3) is 0 Å². The fourth-order valence-corrected chi connectivity index (χ4v) is 2.99. The predicted octanol–water partition coefficient (Wildman–Crippen LogP) is 3.18. The van der Waals surface area contributed by atoms with E-state index in [4.69, 9.17) is 4.74 Å². The molecule has 5 heteroatoms. The second-order valence-corrected chi connectivity index (χ2v) is 7.15. The van der Waals surface area contributed by atoms with Crippen molar-refractivity contribution >= 4 is 17.9 Å². The Morgan fingerprint density at radius 1 is 1.39 bits per heavy atom. The number of fused-ring (bicyclic) bond motifs is 1. The third-order valence-corrected chi connectivity index (χ3v) is 4.06. The molecule has 1 unspecified atom stereocenters. The van der Waals surface area contributed by atoms with E-state index in [1.807, 2.05) is 27.0 Å². The van der Waals surface area contributed by atoms with Gasteiger partial charge >= 0.3 is 6.09 Å². The number of benzene rings is 1. The van der Waals surface area contributed by atoms with Crippen LogP contribution >= 0.6 is 0 Å². The Bertz CT molecular complexity index is 619. The number of hydrogen-bond acceptors (Lipinski definition) is 4. The molecular formula is C18H25N3O2. The average molecular weight is 315 g/mol. The Morgan fingerprint density at radius 3 is 3.00 bits per heavy atom. The summed E-state index contributed by atoms with van der Waals surface area (Å²) in [5.74, 6) is 0. The molecule has 2 heterocycles. The van der Waals surface area contributed by atoms with Crippen LogP contribution in [0.5, 0.6) is 0 Å². The summed E-state index contributed by atoms with van der Waals surface area (Å²) in [7, 11) is 0. The molecular weight excluding hydrogens is 290 g/mol. The number of amides is 1. The maximum absolute atomic E-state index is 12.1. The zero-order valence-corrected chi connectivity index (χ0v) is 14.1. The quantitative estimate of drug-likeness (QED) is 0.880. The van der Waals surface area contributed by atoms with Gasteiger partial charge in [-0.25, -0.2) is 4.79 Å². The lowest BCUT2D eigenvalue weighted by molar-refractivity contribution is 0.0293. The number of carbonyl (C=O) groups excluding carboxylic acids is 1. The number of hydrogen-bond donors (Lipinski definition) is 2. The predicted molar refractivity (Wildman–Crippen MR) is 92.2 cm³/mol. The molecule has 0 aromatic heterocycles. The van der Waals surface area contributed by atoms with E-state index in [2.05, 4.69) is 34.9 Å². The van der Waals surface area contributed by atoms with Crippen molar-refractivity contribution in [3.8, 4) is 0 Å². The molecule has 124 valence electrons. The molecule has 0 radical (unpaired) electrons. The molecule has 2 aliphatic rings. The van der Waals surface area contributed by atoms with Crippen LogP contribution < -0.4 is 10.6 Å². The van der Waals surface area contributed by atoms with Gasteiger partial charge in [-0.3, -0.25) is 0 Å². The summed E-state index contributed by atoms with van der Waals surface area (Å²) in [5.41, 5.74) is 3.22. The molecule has 3 rings (SSSR count). The van der Waals surface area contributed by atoms with Gasteiger partial charge in [0.1, 0.15) is 5.60 Å². The Hall–Kier alpha value is -2.17. The van der Waals surface area contributed by atoms with E-state index >= 15 is 0 Å². The Kier molecular flexibility index (Phi) is 4.20. The molecule has 1 aromatic rings. The van der Waals surface area contributed by atoms with Gasteiger partial charge in [-0.05, 0) is 51.1 Å². The molecule has 2 aliphatic heterocycles. The van der Waals surface area contributed by atoms with Gasteiger partial charge in [0.15, 0.2) is 0 Å². The molecule has 0 bridgehead atoms. The zero-order valence-electron chi connectivity index (χ0n) is 14.1. The van der Waals surface area contributed by atoms with Crippen LogP contribution in [0.25, 0.3) is 6.08 Å². The minimum Gasteiger partial charge on any atom is -0.444 e. The molecule has 1 amide bonds. The molecule has 1 aromatic carbocycles. The number of anilines is 1. The molecule has 0 saturated carbocycles. The maximum atomic E-state index is 12.1. The van der Waals surface area contributed by atoms with Gasteiger partial charge in [0.05, 0.1) is 0 Å². The van der Waals surface area contributed by atoms with Crippen molar-refractivity contribution in [1.82, 2.24) is 10.2 Å². The average Bonchev–Trinajstić information content (AvgIpc) is 2.95. The first-order valence-electron chi connectivity index (χ1n) is 8.19. The number of likely N-dealkylation sites (tertiary alicyclic amines) is 1. The highest BCUT2D eigenvalue weighted by atomic mass is 16.6.